The topological polar surface area (TPSA) is 133 Å². The number of pyridine rings is 1. The molecule has 276 valence electrons. The normalized spacial score (nSPS) is 17.3. The van der Waals surface area contributed by atoms with E-state index < -0.39 is 0 Å². The molecule has 7 rings (SSSR count). The lowest BCUT2D eigenvalue weighted by atomic mass is 9.98. The highest BCUT2D eigenvalue weighted by molar-refractivity contribution is 6.36. The minimum atomic E-state index is -0.255. The first-order valence-corrected chi connectivity index (χ1v) is 18.3. The third-order valence-corrected chi connectivity index (χ3v) is 10.7. The van der Waals surface area contributed by atoms with Gasteiger partial charge in [0.1, 0.15) is 11.5 Å². The number of halogens is 1. The fourth-order valence-electron chi connectivity index (χ4n) is 7.70. The van der Waals surface area contributed by atoms with Crippen LogP contribution < -0.4 is 30.6 Å². The Balaban J connectivity index is 1.15. The Labute approximate surface area is 314 Å². The smallest absolute Gasteiger partial charge is 0.220 e. The van der Waals surface area contributed by atoms with Crippen LogP contribution in [0.2, 0.25) is 5.02 Å². The average molecular weight is 737 g/mol. The predicted octanol–water partition coefficient (Wildman–Crippen LogP) is 6.10. The lowest BCUT2D eigenvalue weighted by Crippen LogP contribution is -2.35. The Morgan fingerprint density at radius 3 is 2.45 bits per heavy atom. The lowest BCUT2D eigenvalue weighted by Gasteiger charge is -2.21. The highest BCUT2D eigenvalue weighted by Crippen LogP contribution is 2.41. The number of primary amides is 1. The van der Waals surface area contributed by atoms with E-state index in [9.17, 15) is 9.59 Å². The van der Waals surface area contributed by atoms with Gasteiger partial charge < -0.3 is 35.1 Å². The fourth-order valence-corrected chi connectivity index (χ4v) is 8.03. The van der Waals surface area contributed by atoms with E-state index in [1.54, 1.807) is 21.3 Å². The maximum atomic E-state index is 11.6. The van der Waals surface area contributed by atoms with E-state index in [-0.39, 0.29) is 23.8 Å². The van der Waals surface area contributed by atoms with Crippen molar-refractivity contribution >= 4 is 34.3 Å². The van der Waals surface area contributed by atoms with Crippen LogP contribution in [0.5, 0.6) is 17.4 Å². The van der Waals surface area contributed by atoms with Gasteiger partial charge in [-0.05, 0) is 49.1 Å². The minimum absolute atomic E-state index is 0.104. The fraction of sp³-hybridized carbons (Fsp3) is 0.341. The molecule has 2 aliphatic rings. The molecule has 11 nitrogen and oxygen atoms in total. The quantitative estimate of drug-likeness (QED) is 0.125. The number of methoxy groups -OCH3 is 3. The zero-order valence-corrected chi connectivity index (χ0v) is 31.0. The molecule has 3 aromatic carbocycles. The summed E-state index contributed by atoms with van der Waals surface area (Å²) in [7, 11) is 4.97. The van der Waals surface area contributed by atoms with Gasteiger partial charge in [0.15, 0.2) is 0 Å². The Morgan fingerprint density at radius 1 is 0.981 bits per heavy atom. The average Bonchev–Trinajstić information content (AvgIpc) is 3.91. The van der Waals surface area contributed by atoms with Crippen molar-refractivity contribution in [3.05, 3.63) is 89.1 Å². The number of nitrogens with two attached hydrogens (primary N) is 1. The summed E-state index contributed by atoms with van der Waals surface area (Å²) in [6.07, 6.45) is 4.81. The molecule has 5 aromatic rings. The zero-order valence-electron chi connectivity index (χ0n) is 30.3. The molecular weight excluding hydrogens is 692 g/mol. The number of ether oxygens (including phenoxy) is 3. The molecule has 0 radical (unpaired) electrons. The molecule has 2 fully saturated rings. The first-order valence-electron chi connectivity index (χ1n) is 18.0. The van der Waals surface area contributed by atoms with Crippen molar-refractivity contribution in [2.75, 3.05) is 41.0 Å². The maximum Gasteiger partial charge on any atom is 0.220 e. The molecule has 12 heteroatoms. The van der Waals surface area contributed by atoms with E-state index >= 15 is 0 Å². The largest absolute Gasteiger partial charge is 0.496 e. The molecule has 4 N–H and O–H groups in total. The van der Waals surface area contributed by atoms with Gasteiger partial charge in [0.05, 0.1) is 48.8 Å². The first-order chi connectivity index (χ1) is 25.8. The van der Waals surface area contributed by atoms with Crippen molar-refractivity contribution in [1.82, 2.24) is 25.1 Å². The van der Waals surface area contributed by atoms with Crippen molar-refractivity contribution in [2.24, 2.45) is 11.7 Å². The van der Waals surface area contributed by atoms with E-state index in [1.807, 2.05) is 48.5 Å². The van der Waals surface area contributed by atoms with E-state index in [0.717, 1.165) is 81.8 Å². The minimum Gasteiger partial charge on any atom is -0.496 e. The predicted molar refractivity (Wildman–Crippen MR) is 207 cm³/mol. The zero-order chi connectivity index (χ0) is 37.1. The second-order valence-corrected chi connectivity index (χ2v) is 14.2. The van der Waals surface area contributed by atoms with Crippen molar-refractivity contribution in [3.63, 3.8) is 0 Å². The summed E-state index contributed by atoms with van der Waals surface area (Å²) >= 11 is 7.21. The second-order valence-electron chi connectivity index (χ2n) is 13.8. The maximum absolute atomic E-state index is 11.6. The number of hydrogen-bond acceptors (Lipinski definition) is 8. The van der Waals surface area contributed by atoms with Gasteiger partial charge in [-0.2, -0.15) is 0 Å². The Bertz CT molecular complexity index is 2130. The molecule has 2 atom stereocenters. The second kappa shape index (κ2) is 15.9. The van der Waals surface area contributed by atoms with Crippen LogP contribution in [0, 0.1) is 5.92 Å². The van der Waals surface area contributed by atoms with Crippen LogP contribution in [0.4, 0.5) is 0 Å². The van der Waals surface area contributed by atoms with Crippen LogP contribution in [0.25, 0.3) is 39.0 Å². The number of amides is 2. The number of hydrogen-bond donors (Lipinski definition) is 3. The standard InChI is InChI=1S/C41H45ClN6O5/c1-51-36-19-28(20-37(52-2)33(36)24-47-16-14-25(23-47)18-38(43)49)48-17-15-30-29(6-5-9-35(30)48)31-7-4-8-32(40(31)42)34-12-10-26(41(46-34)53-3)21-44-22-27-11-13-39(50)45-27/h4-10,12,15,17,19-20,25,27,44H,11,13-14,16,18,21-24H2,1-3H3,(H2,43,49)(H,45,50)/t25-,27+/m1/s1. The number of rotatable bonds is 14. The molecule has 2 aliphatic heterocycles. The molecule has 0 aliphatic carbocycles. The van der Waals surface area contributed by atoms with Crippen molar-refractivity contribution in [2.45, 2.75) is 44.8 Å². The summed E-state index contributed by atoms with van der Waals surface area (Å²) in [4.78, 5) is 30.2. The summed E-state index contributed by atoms with van der Waals surface area (Å²) < 4.78 is 19.7. The van der Waals surface area contributed by atoms with E-state index in [0.29, 0.717) is 49.1 Å². The van der Waals surface area contributed by atoms with E-state index in [4.69, 9.17) is 36.5 Å². The van der Waals surface area contributed by atoms with Gasteiger partial charge in [0.25, 0.3) is 0 Å². The molecular formula is C41H45ClN6O5. The number of fused-ring (bicyclic) bond motifs is 1. The molecule has 4 heterocycles. The Hall–Kier alpha value is -5.10. The molecule has 0 unspecified atom stereocenters. The van der Waals surface area contributed by atoms with E-state index in [2.05, 4.69) is 44.5 Å². The number of benzene rings is 3. The van der Waals surface area contributed by atoms with Crippen molar-refractivity contribution in [3.8, 4) is 45.5 Å². The summed E-state index contributed by atoms with van der Waals surface area (Å²) in [6.45, 7) is 3.59. The van der Waals surface area contributed by atoms with E-state index in [1.165, 1.54) is 0 Å². The van der Waals surface area contributed by atoms with Crippen LogP contribution in [-0.2, 0) is 22.7 Å². The Morgan fingerprint density at radius 2 is 1.74 bits per heavy atom. The molecule has 53 heavy (non-hydrogen) atoms. The third kappa shape index (κ3) is 7.69. The molecule has 2 amide bonds. The number of nitrogens with zero attached hydrogens (tertiary/aromatic N) is 3. The summed E-state index contributed by atoms with van der Waals surface area (Å²) in [5, 5.41) is 8.04. The van der Waals surface area contributed by atoms with Crippen LogP contribution in [-0.4, -0.2) is 73.3 Å². The number of carbonyl (C=O) groups is 2. The van der Waals surface area contributed by atoms with Crippen LogP contribution in [0.3, 0.4) is 0 Å². The summed E-state index contributed by atoms with van der Waals surface area (Å²) in [5.74, 6) is 2.11. The Kier molecular flexibility index (Phi) is 10.9. The molecule has 0 saturated carbocycles. The number of carbonyl (C=O) groups excluding carboxylic acids is 2. The van der Waals surface area contributed by atoms with Crippen molar-refractivity contribution in [1.29, 1.82) is 0 Å². The first kappa shape index (κ1) is 36.3. The van der Waals surface area contributed by atoms with Gasteiger partial charge in [0, 0.05) is 85.5 Å². The summed E-state index contributed by atoms with van der Waals surface area (Å²) in [5.41, 5.74) is 12.7. The van der Waals surface area contributed by atoms with Crippen LogP contribution in [0.15, 0.2) is 72.9 Å². The van der Waals surface area contributed by atoms with Gasteiger partial charge in [-0.15, -0.1) is 0 Å². The van der Waals surface area contributed by atoms with Gasteiger partial charge in [-0.3, -0.25) is 14.5 Å². The summed E-state index contributed by atoms with van der Waals surface area (Å²) in [6, 6.07) is 22.5. The van der Waals surface area contributed by atoms with Gasteiger partial charge in [-0.1, -0.05) is 48.0 Å². The number of aromatic nitrogens is 2. The van der Waals surface area contributed by atoms with Crippen LogP contribution in [0.1, 0.15) is 36.8 Å². The number of nitrogens with one attached hydrogen (secondary N) is 2. The van der Waals surface area contributed by atoms with Crippen LogP contribution >= 0.6 is 11.6 Å². The molecule has 0 bridgehead atoms. The van der Waals surface area contributed by atoms with Gasteiger partial charge >= 0.3 is 0 Å². The lowest BCUT2D eigenvalue weighted by molar-refractivity contribution is -0.120. The molecule has 2 saturated heterocycles. The molecule has 0 spiro atoms. The van der Waals surface area contributed by atoms with Crippen molar-refractivity contribution < 1.29 is 23.8 Å². The molecule has 2 aromatic heterocycles. The highest BCUT2D eigenvalue weighted by atomic mass is 35.5. The third-order valence-electron chi connectivity index (χ3n) is 10.3. The highest BCUT2D eigenvalue weighted by Gasteiger charge is 2.27. The van der Waals surface area contributed by atoms with Gasteiger partial charge in [0.2, 0.25) is 17.7 Å². The SMILES string of the molecule is COc1cc(-n2ccc3c(-c4cccc(-c5ccc(CNC[C@@H]6CCC(=O)N6)c(OC)n5)c4Cl)cccc32)cc(OC)c1CN1CC[C@H](CC(N)=O)C1. The number of likely N-dealkylation sites (tertiary alicyclic amines) is 1. The van der Waals surface area contributed by atoms with Gasteiger partial charge in [-0.25, -0.2) is 4.98 Å². The monoisotopic (exact) mass is 736 g/mol.